The van der Waals surface area contributed by atoms with Crippen molar-refractivity contribution in [2.45, 2.75) is 12.8 Å². The molecule has 29 heavy (non-hydrogen) atoms. The Bertz CT molecular complexity index is 963. The largest absolute Gasteiger partial charge is 0.493 e. The van der Waals surface area contributed by atoms with E-state index in [4.69, 9.17) is 18.7 Å². The van der Waals surface area contributed by atoms with E-state index in [9.17, 15) is 9.18 Å². The van der Waals surface area contributed by atoms with Gasteiger partial charge >= 0.3 is 0 Å². The van der Waals surface area contributed by atoms with Crippen LogP contribution < -0.4 is 19.5 Å². The van der Waals surface area contributed by atoms with Crippen LogP contribution in [-0.4, -0.2) is 37.4 Å². The molecule has 0 spiro atoms. The first kappa shape index (κ1) is 20.1. The van der Waals surface area contributed by atoms with Crippen molar-refractivity contribution in [3.8, 4) is 28.6 Å². The number of nitrogens with one attached hydrogen (secondary N) is 1. The van der Waals surface area contributed by atoms with Crippen LogP contribution in [0.25, 0.3) is 11.4 Å². The maximum atomic E-state index is 13.0. The van der Waals surface area contributed by atoms with Crippen molar-refractivity contribution in [2.24, 2.45) is 0 Å². The fraction of sp³-hybridized carbons (Fsp3) is 0.250. The number of nitrogens with zero attached hydrogens (tertiary/aromatic N) is 2. The highest BCUT2D eigenvalue weighted by Crippen LogP contribution is 2.39. The number of benzene rings is 2. The molecule has 0 fully saturated rings. The van der Waals surface area contributed by atoms with Gasteiger partial charge in [-0.05, 0) is 24.3 Å². The summed E-state index contributed by atoms with van der Waals surface area (Å²) in [6.45, 7) is 0. The molecule has 0 radical (unpaired) electrons. The van der Waals surface area contributed by atoms with Crippen LogP contribution in [0.5, 0.6) is 17.2 Å². The highest BCUT2D eigenvalue weighted by atomic mass is 19.1. The molecule has 0 atom stereocenters. The molecule has 0 bridgehead atoms. The Morgan fingerprint density at radius 3 is 2.31 bits per heavy atom. The Morgan fingerprint density at radius 1 is 1.07 bits per heavy atom. The number of aryl methyl sites for hydroxylation is 1. The number of carbonyl (C=O) groups excluding carboxylic acids is 1. The van der Waals surface area contributed by atoms with Gasteiger partial charge in [-0.1, -0.05) is 5.16 Å². The molecule has 152 valence electrons. The van der Waals surface area contributed by atoms with E-state index in [-0.39, 0.29) is 24.6 Å². The van der Waals surface area contributed by atoms with E-state index in [0.717, 1.165) is 0 Å². The smallest absolute Gasteiger partial charge is 0.227 e. The number of aromatic nitrogens is 2. The van der Waals surface area contributed by atoms with Gasteiger partial charge in [0.05, 0.1) is 21.3 Å². The lowest BCUT2D eigenvalue weighted by Crippen LogP contribution is -2.12. The van der Waals surface area contributed by atoms with E-state index in [1.54, 1.807) is 24.3 Å². The van der Waals surface area contributed by atoms with Gasteiger partial charge in [0.25, 0.3) is 0 Å². The second kappa shape index (κ2) is 9.05. The number of ether oxygens (including phenoxy) is 3. The van der Waals surface area contributed by atoms with Crippen LogP contribution in [0.2, 0.25) is 0 Å². The Morgan fingerprint density at radius 2 is 1.72 bits per heavy atom. The lowest BCUT2D eigenvalue weighted by molar-refractivity contribution is -0.116. The molecule has 0 aliphatic rings. The number of hydrogen-bond acceptors (Lipinski definition) is 7. The van der Waals surface area contributed by atoms with Gasteiger partial charge in [0.1, 0.15) is 5.82 Å². The minimum absolute atomic E-state index is 0.127. The maximum Gasteiger partial charge on any atom is 0.227 e. The van der Waals surface area contributed by atoms with Crippen molar-refractivity contribution in [1.29, 1.82) is 0 Å². The second-order valence-corrected chi connectivity index (χ2v) is 5.98. The van der Waals surface area contributed by atoms with Gasteiger partial charge < -0.3 is 24.1 Å². The Balaban J connectivity index is 1.62. The van der Waals surface area contributed by atoms with Gasteiger partial charge in [-0.3, -0.25) is 4.79 Å². The first-order chi connectivity index (χ1) is 14.0. The zero-order valence-corrected chi connectivity index (χ0v) is 16.2. The summed E-state index contributed by atoms with van der Waals surface area (Å²) in [4.78, 5) is 16.5. The van der Waals surface area contributed by atoms with Gasteiger partial charge in [-0.2, -0.15) is 4.98 Å². The molecule has 9 heteroatoms. The van der Waals surface area contributed by atoms with Crippen molar-refractivity contribution in [1.82, 2.24) is 10.1 Å². The topological polar surface area (TPSA) is 95.7 Å². The molecule has 0 aliphatic carbocycles. The Labute approximate surface area is 166 Å². The number of methoxy groups -OCH3 is 3. The zero-order chi connectivity index (χ0) is 20.8. The Hall–Kier alpha value is -3.62. The van der Waals surface area contributed by atoms with Crippen molar-refractivity contribution < 1.29 is 27.9 Å². The van der Waals surface area contributed by atoms with E-state index in [1.165, 1.54) is 33.5 Å². The summed E-state index contributed by atoms with van der Waals surface area (Å²) in [5.74, 6) is 1.36. The molecule has 1 heterocycles. The fourth-order valence-electron chi connectivity index (χ4n) is 2.67. The number of carbonyl (C=O) groups is 1. The van der Waals surface area contributed by atoms with Crippen molar-refractivity contribution in [3.05, 3.63) is 48.1 Å². The average Bonchev–Trinajstić information content (AvgIpc) is 3.21. The molecule has 0 unspecified atom stereocenters. The lowest BCUT2D eigenvalue weighted by Gasteiger charge is -2.14. The average molecular weight is 401 g/mol. The summed E-state index contributed by atoms with van der Waals surface area (Å²) in [5.41, 5.74) is 1.13. The predicted molar refractivity (Wildman–Crippen MR) is 103 cm³/mol. The van der Waals surface area contributed by atoms with E-state index in [0.29, 0.717) is 40.2 Å². The van der Waals surface area contributed by atoms with Gasteiger partial charge in [0.15, 0.2) is 11.5 Å². The first-order valence-electron chi connectivity index (χ1n) is 8.72. The van der Waals surface area contributed by atoms with Crippen LogP contribution in [0.3, 0.4) is 0 Å². The van der Waals surface area contributed by atoms with Crippen molar-refractivity contribution in [2.75, 3.05) is 26.6 Å². The van der Waals surface area contributed by atoms with Crippen LogP contribution >= 0.6 is 0 Å². The molecule has 1 amide bonds. The summed E-state index contributed by atoms with van der Waals surface area (Å²) in [6, 6.07) is 9.02. The van der Waals surface area contributed by atoms with E-state index >= 15 is 0 Å². The molecular formula is C20H20FN3O5. The fourth-order valence-corrected chi connectivity index (χ4v) is 2.67. The Kier molecular flexibility index (Phi) is 6.28. The highest BCUT2D eigenvalue weighted by molar-refractivity contribution is 5.91. The summed E-state index contributed by atoms with van der Waals surface area (Å²) in [6.07, 6.45) is 0.381. The molecular weight excluding hydrogens is 381 g/mol. The predicted octanol–water partition coefficient (Wildman–Crippen LogP) is 3.47. The summed E-state index contributed by atoms with van der Waals surface area (Å²) in [5, 5.41) is 6.63. The molecule has 0 saturated heterocycles. The normalized spacial score (nSPS) is 10.5. The molecule has 0 saturated carbocycles. The van der Waals surface area contributed by atoms with Crippen LogP contribution in [0.1, 0.15) is 12.3 Å². The number of anilines is 1. The van der Waals surface area contributed by atoms with E-state index in [1.807, 2.05) is 0 Å². The van der Waals surface area contributed by atoms with E-state index < -0.39 is 0 Å². The van der Waals surface area contributed by atoms with Crippen molar-refractivity contribution in [3.63, 3.8) is 0 Å². The number of halogens is 1. The molecule has 1 aromatic heterocycles. The zero-order valence-electron chi connectivity index (χ0n) is 16.2. The van der Waals surface area contributed by atoms with Crippen molar-refractivity contribution >= 4 is 11.6 Å². The monoisotopic (exact) mass is 401 g/mol. The third-order valence-corrected chi connectivity index (χ3v) is 4.08. The summed E-state index contributed by atoms with van der Waals surface area (Å²) < 4.78 is 34.0. The van der Waals surface area contributed by atoms with Crippen LogP contribution in [0.15, 0.2) is 40.9 Å². The van der Waals surface area contributed by atoms with Gasteiger partial charge in [0.2, 0.25) is 23.4 Å². The number of amides is 1. The molecule has 2 aromatic carbocycles. The minimum Gasteiger partial charge on any atom is -0.493 e. The maximum absolute atomic E-state index is 13.0. The van der Waals surface area contributed by atoms with E-state index in [2.05, 4.69) is 15.5 Å². The second-order valence-electron chi connectivity index (χ2n) is 5.98. The van der Waals surface area contributed by atoms with Crippen LogP contribution in [0, 0.1) is 5.82 Å². The van der Waals surface area contributed by atoms with Crippen LogP contribution in [-0.2, 0) is 11.2 Å². The number of hydrogen-bond donors (Lipinski definition) is 1. The third-order valence-electron chi connectivity index (χ3n) is 4.08. The number of rotatable bonds is 8. The minimum atomic E-state index is -0.346. The molecule has 0 aliphatic heterocycles. The third kappa shape index (κ3) is 4.81. The SMILES string of the molecule is COc1cc(NC(=O)CCc2nc(-c3ccc(F)cc3)no2)cc(OC)c1OC. The summed E-state index contributed by atoms with van der Waals surface area (Å²) in [7, 11) is 4.50. The first-order valence-corrected chi connectivity index (χ1v) is 8.72. The highest BCUT2D eigenvalue weighted by Gasteiger charge is 2.15. The molecule has 8 nitrogen and oxygen atoms in total. The molecule has 3 aromatic rings. The molecule has 1 N–H and O–H groups in total. The lowest BCUT2D eigenvalue weighted by atomic mass is 10.2. The quantitative estimate of drug-likeness (QED) is 0.617. The molecule has 3 rings (SSSR count). The van der Waals surface area contributed by atoms with Gasteiger partial charge in [0, 0.05) is 36.2 Å². The summed E-state index contributed by atoms with van der Waals surface area (Å²) >= 11 is 0. The standard InChI is InChI=1S/C20H20FN3O5/c1-26-15-10-14(11-16(27-2)19(15)28-3)22-17(25)8-9-18-23-20(24-29-18)12-4-6-13(21)7-5-12/h4-7,10-11H,8-9H2,1-3H3,(H,22,25). The van der Waals surface area contributed by atoms with Gasteiger partial charge in [-0.15, -0.1) is 0 Å². The van der Waals surface area contributed by atoms with Gasteiger partial charge in [-0.25, -0.2) is 4.39 Å². The van der Waals surface area contributed by atoms with Crippen LogP contribution in [0.4, 0.5) is 10.1 Å².